The highest BCUT2D eigenvalue weighted by molar-refractivity contribution is 8.18. The van der Waals surface area contributed by atoms with Crippen molar-refractivity contribution < 1.29 is 4.43 Å². The summed E-state index contributed by atoms with van der Waals surface area (Å²) in [5.74, 6) is 3.45. The Balaban J connectivity index is 1.77. The molecule has 4 rings (SSSR count). The molecule has 1 saturated heterocycles. The predicted octanol–water partition coefficient (Wildman–Crippen LogP) is 6.67. The molecule has 1 fully saturated rings. The van der Waals surface area contributed by atoms with E-state index in [0.29, 0.717) is 0 Å². The van der Waals surface area contributed by atoms with E-state index in [1.807, 2.05) is 0 Å². The maximum absolute atomic E-state index is 7.14. The first kappa shape index (κ1) is 22.6. The average molecular weight is 465 g/mol. The number of hydrogen-bond acceptors (Lipinski definition) is 3. The van der Waals surface area contributed by atoms with Crippen molar-refractivity contribution in [2.24, 2.45) is 0 Å². The minimum absolute atomic E-state index is 0.0323. The third kappa shape index (κ3) is 4.48. The number of hydrogen-bond donors (Lipinski definition) is 0. The van der Waals surface area contributed by atoms with Crippen LogP contribution in [0.5, 0.6) is 5.75 Å². The third-order valence-corrected chi connectivity index (χ3v) is 14.3. The molecule has 0 unspecified atom stereocenters. The predicted molar refractivity (Wildman–Crippen MR) is 142 cm³/mol. The van der Waals surface area contributed by atoms with Crippen LogP contribution >= 0.6 is 23.5 Å². The maximum atomic E-state index is 7.14. The number of thioether (sulfide) groups is 2. The van der Waals surface area contributed by atoms with Gasteiger partial charge in [0.25, 0.3) is 0 Å². The summed E-state index contributed by atoms with van der Waals surface area (Å²) < 4.78 is 7.29. The fraction of sp³-hybridized carbons (Fsp3) is 0.333. The van der Waals surface area contributed by atoms with Gasteiger partial charge in [-0.15, -0.1) is 23.5 Å². The zero-order valence-corrected chi connectivity index (χ0v) is 21.6. The molecule has 3 aromatic rings. The Labute approximate surface area is 197 Å². The number of benzene rings is 3. The lowest BCUT2D eigenvalue weighted by Gasteiger charge is -2.43. The van der Waals surface area contributed by atoms with E-state index in [4.69, 9.17) is 4.43 Å². The third-order valence-electron chi connectivity index (χ3n) is 6.11. The standard InChI is InChI=1S/C27H32OS2Si/c1-26(2,3)31(24-12-7-5-8-13-24,25-14-9-6-10-15-25)28-23-18-16-22(17-19-23)27(4)29-20-11-21-30-27/h5-10,12-19H,11,20-21H2,1-4H3. The molecule has 1 aliphatic rings. The van der Waals surface area contributed by atoms with Gasteiger partial charge >= 0.3 is 8.32 Å². The van der Waals surface area contributed by atoms with Gasteiger partial charge in [-0.25, -0.2) is 0 Å². The lowest BCUT2D eigenvalue weighted by Crippen LogP contribution is -2.68. The van der Waals surface area contributed by atoms with Crippen LogP contribution in [0.25, 0.3) is 0 Å². The summed E-state index contributed by atoms with van der Waals surface area (Å²) in [6.45, 7) is 9.33. The van der Waals surface area contributed by atoms with E-state index < -0.39 is 8.32 Å². The molecular weight excluding hydrogens is 433 g/mol. The van der Waals surface area contributed by atoms with Crippen molar-refractivity contribution in [2.75, 3.05) is 11.5 Å². The topological polar surface area (TPSA) is 9.23 Å². The molecule has 0 aromatic heterocycles. The monoisotopic (exact) mass is 464 g/mol. The fourth-order valence-electron chi connectivity index (χ4n) is 4.45. The smallest absolute Gasteiger partial charge is 0.319 e. The van der Waals surface area contributed by atoms with Crippen LogP contribution in [0.2, 0.25) is 5.04 Å². The lowest BCUT2D eigenvalue weighted by atomic mass is 10.1. The van der Waals surface area contributed by atoms with Crippen LogP contribution < -0.4 is 14.8 Å². The molecule has 162 valence electrons. The van der Waals surface area contributed by atoms with Gasteiger partial charge in [0.1, 0.15) is 5.75 Å². The SMILES string of the molecule is CC1(c2ccc(O[Si](c3ccccc3)(c3ccccc3)C(C)(C)C)cc2)SCCCS1. The zero-order chi connectivity index (χ0) is 22.0. The van der Waals surface area contributed by atoms with Gasteiger partial charge in [0.2, 0.25) is 0 Å². The molecule has 3 aromatic carbocycles. The second-order valence-corrected chi connectivity index (χ2v) is 16.8. The summed E-state index contributed by atoms with van der Waals surface area (Å²) in [6.07, 6.45) is 1.31. The molecule has 1 nitrogen and oxygen atoms in total. The second-order valence-electron chi connectivity index (χ2n) is 9.29. The highest BCUT2D eigenvalue weighted by Crippen LogP contribution is 2.50. The zero-order valence-electron chi connectivity index (χ0n) is 18.9. The Morgan fingerprint density at radius 3 is 1.68 bits per heavy atom. The van der Waals surface area contributed by atoms with Crippen LogP contribution in [0.15, 0.2) is 84.9 Å². The van der Waals surface area contributed by atoms with Crippen LogP contribution in [-0.4, -0.2) is 19.8 Å². The van der Waals surface area contributed by atoms with Crippen LogP contribution in [0.1, 0.15) is 39.7 Å². The first-order valence-electron chi connectivity index (χ1n) is 11.0. The number of rotatable bonds is 5. The average Bonchev–Trinajstić information content (AvgIpc) is 2.79. The van der Waals surface area contributed by atoms with Gasteiger partial charge in [-0.3, -0.25) is 0 Å². The highest BCUT2D eigenvalue weighted by atomic mass is 32.2. The van der Waals surface area contributed by atoms with Crippen LogP contribution in [0.4, 0.5) is 0 Å². The van der Waals surface area contributed by atoms with Gasteiger partial charge in [0.15, 0.2) is 0 Å². The molecule has 1 aliphatic heterocycles. The summed E-state index contributed by atoms with van der Waals surface area (Å²) in [5.41, 5.74) is 1.39. The quantitative estimate of drug-likeness (QED) is 0.390. The van der Waals surface area contributed by atoms with Gasteiger partial charge in [-0.2, -0.15) is 0 Å². The van der Waals surface area contributed by atoms with E-state index in [9.17, 15) is 0 Å². The van der Waals surface area contributed by atoms with Crippen molar-refractivity contribution in [1.29, 1.82) is 0 Å². The van der Waals surface area contributed by atoms with Crippen molar-refractivity contribution >= 4 is 42.2 Å². The summed E-state index contributed by atoms with van der Waals surface area (Å²) in [6, 6.07) is 30.6. The summed E-state index contributed by atoms with van der Waals surface area (Å²) in [7, 11) is -2.58. The molecule has 4 heteroatoms. The first-order valence-corrected chi connectivity index (χ1v) is 14.9. The minimum Gasteiger partial charge on any atom is -0.534 e. The molecule has 0 atom stereocenters. The Bertz CT molecular complexity index is 936. The van der Waals surface area contributed by atoms with Gasteiger partial charge in [0.05, 0.1) is 4.08 Å². The molecule has 0 amide bonds. The van der Waals surface area contributed by atoms with E-state index in [2.05, 4.69) is 136 Å². The molecule has 0 aliphatic carbocycles. The molecule has 0 N–H and O–H groups in total. The minimum atomic E-state index is -2.58. The fourth-order valence-corrected chi connectivity index (χ4v) is 11.9. The van der Waals surface area contributed by atoms with E-state index in [-0.39, 0.29) is 9.12 Å². The molecule has 0 bridgehead atoms. The summed E-state index contributed by atoms with van der Waals surface area (Å²) in [4.78, 5) is 0. The van der Waals surface area contributed by atoms with Crippen LogP contribution in [-0.2, 0) is 4.08 Å². The van der Waals surface area contributed by atoms with Crippen molar-refractivity contribution in [1.82, 2.24) is 0 Å². The Morgan fingerprint density at radius 1 is 0.742 bits per heavy atom. The van der Waals surface area contributed by atoms with Gasteiger partial charge in [0, 0.05) is 0 Å². The lowest BCUT2D eigenvalue weighted by molar-refractivity contribution is 0.508. The normalized spacial score (nSPS) is 16.6. The van der Waals surface area contributed by atoms with Gasteiger partial charge in [-0.05, 0) is 58.0 Å². The van der Waals surface area contributed by atoms with Crippen molar-refractivity contribution in [3.63, 3.8) is 0 Å². The Kier molecular flexibility index (Phi) is 6.62. The summed E-state index contributed by atoms with van der Waals surface area (Å²) in [5, 5.41) is 2.58. The van der Waals surface area contributed by atoms with Crippen LogP contribution in [0, 0.1) is 0 Å². The van der Waals surface area contributed by atoms with E-state index in [0.717, 1.165) is 5.75 Å². The second kappa shape index (κ2) is 9.09. The maximum Gasteiger partial charge on any atom is 0.319 e. The molecule has 0 saturated carbocycles. The van der Waals surface area contributed by atoms with Crippen molar-refractivity contribution in [2.45, 2.75) is 43.2 Å². The van der Waals surface area contributed by atoms with Gasteiger partial charge < -0.3 is 4.43 Å². The molecule has 0 spiro atoms. The highest BCUT2D eigenvalue weighted by Gasteiger charge is 2.52. The van der Waals surface area contributed by atoms with E-state index in [1.54, 1.807) is 0 Å². The van der Waals surface area contributed by atoms with Gasteiger partial charge in [-0.1, -0.05) is 93.6 Å². The molecule has 0 radical (unpaired) electrons. The van der Waals surface area contributed by atoms with Crippen molar-refractivity contribution in [3.05, 3.63) is 90.5 Å². The molecular formula is C27H32OS2Si. The van der Waals surface area contributed by atoms with E-state index in [1.165, 1.54) is 33.9 Å². The van der Waals surface area contributed by atoms with Crippen molar-refractivity contribution in [3.8, 4) is 5.75 Å². The van der Waals surface area contributed by atoms with E-state index >= 15 is 0 Å². The Morgan fingerprint density at radius 2 is 1.23 bits per heavy atom. The summed E-state index contributed by atoms with van der Waals surface area (Å²) >= 11 is 4.13. The first-order chi connectivity index (χ1) is 14.9. The van der Waals surface area contributed by atoms with Crippen LogP contribution in [0.3, 0.4) is 0 Å². The largest absolute Gasteiger partial charge is 0.534 e. The molecule has 31 heavy (non-hydrogen) atoms. The Hall–Kier alpha value is -1.62. The molecule has 1 heterocycles.